The van der Waals surface area contributed by atoms with Crippen LogP contribution in [0.15, 0.2) is 18.5 Å². The van der Waals surface area contributed by atoms with Gasteiger partial charge < -0.3 is 4.57 Å². The first-order valence-corrected chi connectivity index (χ1v) is 3.95. The molecule has 1 aromatic rings. The molecule has 0 bridgehead atoms. The van der Waals surface area contributed by atoms with E-state index in [0.717, 1.165) is 0 Å². The normalized spacial score (nSPS) is 10.2. The van der Waals surface area contributed by atoms with Crippen molar-refractivity contribution in [1.82, 2.24) is 4.57 Å². The summed E-state index contributed by atoms with van der Waals surface area (Å²) in [7, 11) is 0. The number of nitrogens with zero attached hydrogens (tertiary/aromatic N) is 1. The van der Waals surface area contributed by atoms with Crippen LogP contribution in [0.25, 0.3) is 0 Å². The molecule has 0 amide bonds. The summed E-state index contributed by atoms with van der Waals surface area (Å²) in [4.78, 5) is 0. The molecule has 0 fully saturated rings. The summed E-state index contributed by atoms with van der Waals surface area (Å²) in [6, 6.07) is 2.15. The SMILES string of the molecule is CCCCn1ccc(C)c1. The van der Waals surface area contributed by atoms with Gasteiger partial charge in [0.25, 0.3) is 0 Å². The van der Waals surface area contributed by atoms with Gasteiger partial charge in [0.15, 0.2) is 0 Å². The average molecular weight is 137 g/mol. The minimum absolute atomic E-state index is 1.17. The fourth-order valence-corrected chi connectivity index (χ4v) is 1.04. The zero-order valence-corrected chi connectivity index (χ0v) is 6.80. The van der Waals surface area contributed by atoms with Crippen molar-refractivity contribution in [3.63, 3.8) is 0 Å². The molecule has 0 atom stereocenters. The van der Waals surface area contributed by atoms with Gasteiger partial charge in [-0.3, -0.25) is 0 Å². The van der Waals surface area contributed by atoms with E-state index in [-0.39, 0.29) is 0 Å². The Bertz CT molecular complexity index is 188. The summed E-state index contributed by atoms with van der Waals surface area (Å²) in [6.07, 6.45) is 6.89. The molecule has 1 aromatic heterocycles. The van der Waals surface area contributed by atoms with E-state index in [4.69, 9.17) is 0 Å². The second-order valence-electron chi connectivity index (χ2n) is 2.78. The highest BCUT2D eigenvalue weighted by atomic mass is 14.9. The van der Waals surface area contributed by atoms with Crippen LogP contribution in [0.3, 0.4) is 0 Å². The zero-order valence-electron chi connectivity index (χ0n) is 6.80. The Labute approximate surface area is 62.7 Å². The maximum atomic E-state index is 2.25. The van der Waals surface area contributed by atoms with E-state index in [0.29, 0.717) is 0 Å². The van der Waals surface area contributed by atoms with Gasteiger partial charge in [0.05, 0.1) is 0 Å². The molecule has 0 unspecified atom stereocenters. The van der Waals surface area contributed by atoms with Gasteiger partial charge in [0, 0.05) is 18.9 Å². The highest BCUT2D eigenvalue weighted by Crippen LogP contribution is 2.00. The molecule has 1 heterocycles. The largest absolute Gasteiger partial charge is 0.354 e. The molecule has 0 aliphatic carbocycles. The quantitative estimate of drug-likeness (QED) is 0.603. The van der Waals surface area contributed by atoms with Gasteiger partial charge in [-0.05, 0) is 25.0 Å². The number of unbranched alkanes of at least 4 members (excludes halogenated alkanes) is 1. The second-order valence-corrected chi connectivity index (χ2v) is 2.78. The van der Waals surface area contributed by atoms with Crippen LogP contribution in [-0.4, -0.2) is 4.57 Å². The Morgan fingerprint density at radius 2 is 2.30 bits per heavy atom. The van der Waals surface area contributed by atoms with E-state index in [1.165, 1.54) is 24.9 Å². The lowest BCUT2D eigenvalue weighted by atomic mass is 10.3. The summed E-state index contributed by atoms with van der Waals surface area (Å²) in [5.41, 5.74) is 1.36. The van der Waals surface area contributed by atoms with E-state index >= 15 is 0 Å². The zero-order chi connectivity index (χ0) is 7.40. The van der Waals surface area contributed by atoms with Gasteiger partial charge >= 0.3 is 0 Å². The van der Waals surface area contributed by atoms with E-state index < -0.39 is 0 Å². The molecule has 0 saturated heterocycles. The molecule has 0 saturated carbocycles. The summed E-state index contributed by atoms with van der Waals surface area (Å²) >= 11 is 0. The Hall–Kier alpha value is -0.720. The molecule has 0 aromatic carbocycles. The Kier molecular flexibility index (Phi) is 2.55. The van der Waals surface area contributed by atoms with E-state index in [1.807, 2.05) is 0 Å². The number of aryl methyl sites for hydroxylation is 2. The summed E-state index contributed by atoms with van der Waals surface area (Å²) in [5, 5.41) is 0. The molecule has 0 spiro atoms. The van der Waals surface area contributed by atoms with Gasteiger partial charge in [-0.15, -0.1) is 0 Å². The van der Waals surface area contributed by atoms with Crippen LogP contribution in [0.5, 0.6) is 0 Å². The fourth-order valence-electron chi connectivity index (χ4n) is 1.04. The fraction of sp³-hybridized carbons (Fsp3) is 0.556. The maximum absolute atomic E-state index is 2.25. The predicted octanol–water partition coefficient (Wildman–Crippen LogP) is 2.60. The van der Waals surface area contributed by atoms with Crippen LogP contribution in [-0.2, 0) is 6.54 Å². The standard InChI is InChI=1S/C9H15N/c1-3-4-6-10-7-5-9(2)8-10/h5,7-8H,3-4,6H2,1-2H3. The van der Waals surface area contributed by atoms with E-state index in [2.05, 4.69) is 36.9 Å². The van der Waals surface area contributed by atoms with Crippen LogP contribution in [0.2, 0.25) is 0 Å². The predicted molar refractivity (Wildman–Crippen MR) is 44.1 cm³/mol. The lowest BCUT2D eigenvalue weighted by Crippen LogP contribution is -1.92. The molecular weight excluding hydrogens is 122 g/mol. The van der Waals surface area contributed by atoms with E-state index in [9.17, 15) is 0 Å². The lowest BCUT2D eigenvalue weighted by molar-refractivity contribution is 0.634. The first-order chi connectivity index (χ1) is 4.83. The Morgan fingerprint density at radius 3 is 2.80 bits per heavy atom. The first kappa shape index (κ1) is 7.39. The topological polar surface area (TPSA) is 4.93 Å². The highest BCUT2D eigenvalue weighted by molar-refractivity contribution is 5.06. The molecule has 0 N–H and O–H groups in total. The van der Waals surface area contributed by atoms with Gasteiger partial charge in [0.2, 0.25) is 0 Å². The molecule has 1 nitrogen and oxygen atoms in total. The van der Waals surface area contributed by atoms with Gasteiger partial charge in [-0.1, -0.05) is 13.3 Å². The van der Waals surface area contributed by atoms with E-state index in [1.54, 1.807) is 0 Å². The third-order valence-corrected chi connectivity index (χ3v) is 1.67. The molecule has 0 aliphatic rings. The van der Waals surface area contributed by atoms with Crippen LogP contribution < -0.4 is 0 Å². The molecule has 56 valence electrons. The summed E-state index contributed by atoms with van der Waals surface area (Å²) < 4.78 is 2.25. The van der Waals surface area contributed by atoms with Crippen LogP contribution in [0, 0.1) is 6.92 Å². The van der Waals surface area contributed by atoms with Crippen molar-refractivity contribution in [3.05, 3.63) is 24.0 Å². The molecule has 1 rings (SSSR count). The van der Waals surface area contributed by atoms with Gasteiger partial charge in [0.1, 0.15) is 0 Å². The molecule has 0 aliphatic heterocycles. The first-order valence-electron chi connectivity index (χ1n) is 3.95. The average Bonchev–Trinajstić information content (AvgIpc) is 2.31. The van der Waals surface area contributed by atoms with Crippen molar-refractivity contribution in [3.8, 4) is 0 Å². The lowest BCUT2D eigenvalue weighted by Gasteiger charge is -1.98. The smallest absolute Gasteiger partial charge is 0.0219 e. The van der Waals surface area contributed by atoms with Gasteiger partial charge in [-0.2, -0.15) is 0 Å². The minimum atomic E-state index is 1.17. The number of rotatable bonds is 3. The Morgan fingerprint density at radius 1 is 1.50 bits per heavy atom. The van der Waals surface area contributed by atoms with Crippen molar-refractivity contribution in [2.45, 2.75) is 33.2 Å². The van der Waals surface area contributed by atoms with Gasteiger partial charge in [-0.25, -0.2) is 0 Å². The van der Waals surface area contributed by atoms with Crippen molar-refractivity contribution in [1.29, 1.82) is 0 Å². The van der Waals surface area contributed by atoms with Crippen molar-refractivity contribution in [2.75, 3.05) is 0 Å². The van der Waals surface area contributed by atoms with Crippen LogP contribution in [0.1, 0.15) is 25.3 Å². The van der Waals surface area contributed by atoms with Crippen molar-refractivity contribution < 1.29 is 0 Å². The minimum Gasteiger partial charge on any atom is -0.354 e. The highest BCUT2D eigenvalue weighted by Gasteiger charge is 1.89. The molecule has 10 heavy (non-hydrogen) atoms. The number of hydrogen-bond donors (Lipinski definition) is 0. The number of aromatic nitrogens is 1. The second kappa shape index (κ2) is 3.45. The molecular formula is C9H15N. The Balaban J connectivity index is 2.42. The van der Waals surface area contributed by atoms with Crippen LogP contribution in [0.4, 0.5) is 0 Å². The number of hydrogen-bond acceptors (Lipinski definition) is 0. The molecule has 0 radical (unpaired) electrons. The van der Waals surface area contributed by atoms with Crippen molar-refractivity contribution in [2.24, 2.45) is 0 Å². The summed E-state index contributed by atoms with van der Waals surface area (Å²) in [6.45, 7) is 5.52. The summed E-state index contributed by atoms with van der Waals surface area (Å²) in [5.74, 6) is 0. The maximum Gasteiger partial charge on any atom is 0.0219 e. The van der Waals surface area contributed by atoms with Crippen molar-refractivity contribution >= 4 is 0 Å². The monoisotopic (exact) mass is 137 g/mol. The molecule has 1 heteroatoms. The third-order valence-electron chi connectivity index (χ3n) is 1.67. The van der Waals surface area contributed by atoms with Crippen LogP contribution >= 0.6 is 0 Å². The third kappa shape index (κ3) is 1.90.